The van der Waals surface area contributed by atoms with Crippen molar-refractivity contribution in [3.63, 3.8) is 0 Å². The van der Waals surface area contributed by atoms with E-state index < -0.39 is 8.32 Å². The van der Waals surface area contributed by atoms with Crippen LogP contribution in [0.4, 0.5) is 0 Å². The Kier molecular flexibility index (Phi) is 5.52. The summed E-state index contributed by atoms with van der Waals surface area (Å²) in [5, 5.41) is 0.293. The van der Waals surface area contributed by atoms with Crippen LogP contribution in [-0.2, 0) is 11.0 Å². The van der Waals surface area contributed by atoms with Gasteiger partial charge in [0.15, 0.2) is 8.32 Å². The monoisotopic (exact) mass is 319 g/mol. The lowest BCUT2D eigenvalue weighted by Gasteiger charge is -2.38. The van der Waals surface area contributed by atoms with Crippen molar-refractivity contribution in [2.45, 2.75) is 64.8 Å². The molecule has 0 bridgehead atoms. The van der Waals surface area contributed by atoms with E-state index in [0.29, 0.717) is 11.1 Å². The molecule has 1 aliphatic rings. The molecule has 2 atom stereocenters. The second kappa shape index (κ2) is 6.86. The van der Waals surface area contributed by atoms with E-state index >= 15 is 0 Å². The Labute approximate surface area is 138 Å². The van der Waals surface area contributed by atoms with E-state index in [1.54, 1.807) is 0 Å². The zero-order chi connectivity index (χ0) is 16.4. The van der Waals surface area contributed by atoms with E-state index in [1.165, 1.54) is 18.5 Å². The Bertz CT molecular complexity index is 466. The minimum atomic E-state index is -1.64. The van der Waals surface area contributed by atoms with Gasteiger partial charge in [0.05, 0.1) is 0 Å². The van der Waals surface area contributed by atoms with Gasteiger partial charge in [0.2, 0.25) is 0 Å². The van der Waals surface area contributed by atoms with Gasteiger partial charge in [-0.15, -0.1) is 0 Å². The number of benzene rings is 1. The molecule has 0 amide bonds. The third kappa shape index (κ3) is 4.43. The summed E-state index contributed by atoms with van der Waals surface area (Å²) >= 11 is 0. The lowest BCUT2D eigenvalue weighted by Crippen LogP contribution is -2.44. The summed E-state index contributed by atoms with van der Waals surface area (Å²) in [6.45, 7) is 17.2. The van der Waals surface area contributed by atoms with Crippen LogP contribution in [-0.4, -0.2) is 32.4 Å². The second-order valence-electron chi connectivity index (χ2n) is 8.48. The Morgan fingerprint density at radius 3 is 2.41 bits per heavy atom. The average Bonchev–Trinajstić information content (AvgIpc) is 2.76. The molecule has 0 N–H and O–H groups in total. The molecule has 0 aliphatic carbocycles. The van der Waals surface area contributed by atoms with Crippen molar-refractivity contribution in [1.29, 1.82) is 0 Å². The fraction of sp³-hybridized carbons (Fsp3) is 0.684. The first kappa shape index (κ1) is 17.7. The van der Waals surface area contributed by atoms with E-state index in [2.05, 4.69) is 76.0 Å². The number of hydrogen-bond donors (Lipinski definition) is 0. The van der Waals surface area contributed by atoms with Gasteiger partial charge in [0.25, 0.3) is 0 Å². The molecule has 0 aromatic heterocycles. The van der Waals surface area contributed by atoms with Gasteiger partial charge in [-0.05, 0) is 36.0 Å². The zero-order valence-electron chi connectivity index (χ0n) is 15.2. The summed E-state index contributed by atoms with van der Waals surface area (Å²) in [4.78, 5) is 2.62. The van der Waals surface area contributed by atoms with E-state index in [4.69, 9.17) is 4.43 Å². The van der Waals surface area contributed by atoms with E-state index in [9.17, 15) is 0 Å². The molecule has 2 nitrogen and oxygen atoms in total. The Balaban J connectivity index is 1.97. The van der Waals surface area contributed by atoms with Gasteiger partial charge >= 0.3 is 0 Å². The molecule has 0 unspecified atom stereocenters. The van der Waals surface area contributed by atoms with E-state index in [-0.39, 0.29) is 0 Å². The number of likely N-dealkylation sites (tertiary alicyclic amines) is 1. The standard InChI is InChI=1S/C19H33NOSi/c1-16-12-18(15-21-22(5,6)19(2,3)4)20(13-16)14-17-10-8-7-9-11-17/h7-11,16,18H,12-15H2,1-6H3/t16-,18+/m0/s1. The molecule has 1 aliphatic heterocycles. The van der Waals surface area contributed by atoms with Crippen LogP contribution in [0.2, 0.25) is 18.1 Å². The molecule has 1 saturated heterocycles. The first-order valence-corrected chi connectivity index (χ1v) is 11.5. The predicted octanol–water partition coefficient (Wildman–Crippen LogP) is 4.92. The number of rotatable bonds is 5. The fourth-order valence-electron chi connectivity index (χ4n) is 2.94. The maximum absolute atomic E-state index is 6.49. The first-order valence-electron chi connectivity index (χ1n) is 8.61. The first-order chi connectivity index (χ1) is 10.2. The maximum atomic E-state index is 6.49. The van der Waals surface area contributed by atoms with Crippen LogP contribution in [0, 0.1) is 5.92 Å². The van der Waals surface area contributed by atoms with Crippen molar-refractivity contribution in [3.8, 4) is 0 Å². The summed E-state index contributed by atoms with van der Waals surface area (Å²) in [5.74, 6) is 0.775. The van der Waals surface area contributed by atoms with Crippen molar-refractivity contribution in [2.75, 3.05) is 13.2 Å². The van der Waals surface area contributed by atoms with Gasteiger partial charge in [-0.1, -0.05) is 58.0 Å². The normalized spacial score (nSPS) is 23.9. The summed E-state index contributed by atoms with van der Waals surface area (Å²) < 4.78 is 6.49. The predicted molar refractivity (Wildman–Crippen MR) is 97.6 cm³/mol. The Morgan fingerprint density at radius 1 is 1.18 bits per heavy atom. The van der Waals surface area contributed by atoms with Crippen molar-refractivity contribution in [3.05, 3.63) is 35.9 Å². The Morgan fingerprint density at radius 2 is 1.82 bits per heavy atom. The fourth-order valence-corrected chi connectivity index (χ4v) is 3.99. The molecule has 1 heterocycles. The van der Waals surface area contributed by atoms with Gasteiger partial charge in [-0.2, -0.15) is 0 Å². The number of hydrogen-bond acceptors (Lipinski definition) is 2. The zero-order valence-corrected chi connectivity index (χ0v) is 16.2. The molecule has 1 fully saturated rings. The van der Waals surface area contributed by atoms with Gasteiger partial charge in [0.1, 0.15) is 0 Å². The highest BCUT2D eigenvalue weighted by Crippen LogP contribution is 2.37. The highest BCUT2D eigenvalue weighted by atomic mass is 28.4. The van der Waals surface area contributed by atoms with Crippen LogP contribution in [0.25, 0.3) is 0 Å². The SMILES string of the molecule is C[C@H]1C[C@H](CO[Si](C)(C)C(C)(C)C)N(Cc2ccccc2)C1. The molecule has 0 spiro atoms. The van der Waals surface area contributed by atoms with Crippen LogP contribution in [0.3, 0.4) is 0 Å². The smallest absolute Gasteiger partial charge is 0.192 e. The van der Waals surface area contributed by atoms with Crippen LogP contribution in [0.1, 0.15) is 39.7 Å². The van der Waals surface area contributed by atoms with E-state index in [0.717, 1.165) is 19.1 Å². The summed E-state index contributed by atoms with van der Waals surface area (Å²) in [6.07, 6.45) is 1.27. The van der Waals surface area contributed by atoms with Crippen molar-refractivity contribution < 1.29 is 4.43 Å². The molecule has 2 rings (SSSR count). The van der Waals surface area contributed by atoms with Gasteiger partial charge in [-0.25, -0.2) is 0 Å². The second-order valence-corrected chi connectivity index (χ2v) is 13.3. The summed E-state index contributed by atoms with van der Waals surface area (Å²) in [7, 11) is -1.64. The summed E-state index contributed by atoms with van der Waals surface area (Å²) in [6, 6.07) is 11.4. The molecule has 124 valence electrons. The summed E-state index contributed by atoms with van der Waals surface area (Å²) in [5.41, 5.74) is 1.41. The maximum Gasteiger partial charge on any atom is 0.192 e. The van der Waals surface area contributed by atoms with Gasteiger partial charge in [-0.3, -0.25) is 4.90 Å². The highest BCUT2D eigenvalue weighted by molar-refractivity contribution is 6.74. The topological polar surface area (TPSA) is 12.5 Å². The quantitative estimate of drug-likeness (QED) is 0.714. The molecule has 22 heavy (non-hydrogen) atoms. The van der Waals surface area contributed by atoms with Crippen molar-refractivity contribution in [2.24, 2.45) is 5.92 Å². The molecule has 1 aromatic carbocycles. The van der Waals surface area contributed by atoms with Crippen LogP contribution < -0.4 is 0 Å². The average molecular weight is 320 g/mol. The van der Waals surface area contributed by atoms with Crippen LogP contribution >= 0.6 is 0 Å². The molecule has 3 heteroatoms. The number of nitrogens with zero attached hydrogens (tertiary/aromatic N) is 1. The highest BCUT2D eigenvalue weighted by Gasteiger charge is 2.39. The molecule has 1 aromatic rings. The minimum Gasteiger partial charge on any atom is -0.415 e. The molecule has 0 radical (unpaired) electrons. The van der Waals surface area contributed by atoms with Crippen LogP contribution in [0.15, 0.2) is 30.3 Å². The molecular weight excluding hydrogens is 286 g/mol. The van der Waals surface area contributed by atoms with Crippen LogP contribution in [0.5, 0.6) is 0 Å². The van der Waals surface area contributed by atoms with Crippen molar-refractivity contribution in [1.82, 2.24) is 4.90 Å². The largest absolute Gasteiger partial charge is 0.415 e. The van der Waals surface area contributed by atoms with Gasteiger partial charge in [0, 0.05) is 25.7 Å². The molecule has 0 saturated carbocycles. The van der Waals surface area contributed by atoms with Gasteiger partial charge < -0.3 is 4.43 Å². The lowest BCUT2D eigenvalue weighted by atomic mass is 10.1. The lowest BCUT2D eigenvalue weighted by molar-refractivity contribution is 0.157. The third-order valence-corrected chi connectivity index (χ3v) is 9.91. The Hall–Kier alpha value is -0.643. The van der Waals surface area contributed by atoms with E-state index in [1.807, 2.05) is 0 Å². The minimum absolute atomic E-state index is 0.293. The third-order valence-electron chi connectivity index (χ3n) is 5.41. The molecular formula is C19H33NOSi. The van der Waals surface area contributed by atoms with Crippen molar-refractivity contribution >= 4 is 8.32 Å².